The summed E-state index contributed by atoms with van der Waals surface area (Å²) < 4.78 is 0. The molecular formula is C13H26N2O2. The molecule has 0 heterocycles. The van der Waals surface area contributed by atoms with Gasteiger partial charge in [-0.25, -0.2) is 0 Å². The molecule has 1 aliphatic carbocycles. The highest BCUT2D eigenvalue weighted by Crippen LogP contribution is 2.22. The summed E-state index contributed by atoms with van der Waals surface area (Å²) in [6.07, 6.45) is 6.89. The smallest absolute Gasteiger partial charge is 0.221 e. The van der Waals surface area contributed by atoms with Gasteiger partial charge in [-0.3, -0.25) is 9.69 Å². The lowest BCUT2D eigenvalue weighted by Crippen LogP contribution is -2.41. The molecule has 17 heavy (non-hydrogen) atoms. The minimum Gasteiger partial charge on any atom is -0.395 e. The first-order valence-corrected chi connectivity index (χ1v) is 6.89. The fraction of sp³-hybridized carbons (Fsp3) is 0.923. The Balaban J connectivity index is 2.33. The van der Waals surface area contributed by atoms with Crippen LogP contribution in [0.5, 0.6) is 0 Å². The van der Waals surface area contributed by atoms with Crippen LogP contribution in [0.15, 0.2) is 0 Å². The van der Waals surface area contributed by atoms with Crippen molar-refractivity contribution in [2.75, 3.05) is 26.2 Å². The molecule has 0 saturated heterocycles. The van der Waals surface area contributed by atoms with Crippen molar-refractivity contribution in [2.24, 2.45) is 0 Å². The van der Waals surface area contributed by atoms with E-state index in [0.29, 0.717) is 25.6 Å². The van der Waals surface area contributed by atoms with E-state index in [9.17, 15) is 4.79 Å². The molecule has 2 N–H and O–H groups in total. The van der Waals surface area contributed by atoms with E-state index < -0.39 is 0 Å². The normalized spacial score (nSPS) is 17.4. The van der Waals surface area contributed by atoms with Crippen LogP contribution < -0.4 is 5.32 Å². The van der Waals surface area contributed by atoms with E-state index in [0.717, 1.165) is 6.54 Å². The quantitative estimate of drug-likeness (QED) is 0.704. The molecule has 0 spiro atoms. The molecule has 1 rings (SSSR count). The van der Waals surface area contributed by atoms with Gasteiger partial charge in [-0.05, 0) is 19.8 Å². The van der Waals surface area contributed by atoms with Gasteiger partial charge in [0.05, 0.1) is 6.61 Å². The molecule has 1 aliphatic rings. The number of nitrogens with one attached hydrogen (secondary N) is 1. The Morgan fingerprint density at radius 3 is 2.59 bits per heavy atom. The second kappa shape index (κ2) is 8.48. The molecule has 100 valence electrons. The van der Waals surface area contributed by atoms with Gasteiger partial charge in [0.2, 0.25) is 5.91 Å². The van der Waals surface area contributed by atoms with Crippen LogP contribution in [0.25, 0.3) is 0 Å². The molecule has 4 nitrogen and oxygen atoms in total. The average Bonchev–Trinajstić information content (AvgIpc) is 2.36. The van der Waals surface area contributed by atoms with E-state index in [-0.39, 0.29) is 12.5 Å². The summed E-state index contributed by atoms with van der Waals surface area (Å²) >= 11 is 0. The Kier molecular flexibility index (Phi) is 7.21. The largest absolute Gasteiger partial charge is 0.395 e. The van der Waals surface area contributed by atoms with Gasteiger partial charge in [-0.1, -0.05) is 19.3 Å². The van der Waals surface area contributed by atoms with Crippen molar-refractivity contribution in [1.29, 1.82) is 0 Å². The van der Waals surface area contributed by atoms with Crippen LogP contribution in [0.3, 0.4) is 0 Å². The minimum atomic E-state index is 0.117. The third kappa shape index (κ3) is 5.50. The molecule has 0 atom stereocenters. The van der Waals surface area contributed by atoms with Crippen LogP contribution in [0, 0.1) is 0 Å². The van der Waals surface area contributed by atoms with E-state index in [1.807, 2.05) is 6.92 Å². The van der Waals surface area contributed by atoms with Crippen molar-refractivity contribution < 1.29 is 9.90 Å². The highest BCUT2D eigenvalue weighted by atomic mass is 16.3. The van der Waals surface area contributed by atoms with Crippen molar-refractivity contribution in [3.05, 3.63) is 0 Å². The van der Waals surface area contributed by atoms with Crippen molar-refractivity contribution >= 4 is 5.91 Å². The minimum absolute atomic E-state index is 0.117. The standard InChI is InChI=1S/C13H26N2O2/c1-2-14-13(17)8-9-15(10-11-16)12-6-4-3-5-7-12/h12,16H,2-11H2,1H3,(H,14,17). The van der Waals surface area contributed by atoms with Crippen molar-refractivity contribution in [3.8, 4) is 0 Å². The molecule has 4 heteroatoms. The molecule has 0 unspecified atom stereocenters. The maximum Gasteiger partial charge on any atom is 0.221 e. The summed E-state index contributed by atoms with van der Waals surface area (Å²) in [6.45, 7) is 4.29. The zero-order valence-electron chi connectivity index (χ0n) is 11.0. The summed E-state index contributed by atoms with van der Waals surface area (Å²) in [5, 5.41) is 11.9. The van der Waals surface area contributed by atoms with Gasteiger partial charge in [-0.2, -0.15) is 0 Å². The van der Waals surface area contributed by atoms with Gasteiger partial charge >= 0.3 is 0 Å². The molecule has 0 aliphatic heterocycles. The maximum atomic E-state index is 11.4. The van der Waals surface area contributed by atoms with Gasteiger partial charge < -0.3 is 10.4 Å². The molecule has 0 aromatic rings. The fourth-order valence-electron chi connectivity index (χ4n) is 2.58. The van der Waals surface area contributed by atoms with E-state index in [4.69, 9.17) is 5.11 Å². The van der Waals surface area contributed by atoms with E-state index >= 15 is 0 Å². The third-order valence-corrected chi connectivity index (χ3v) is 3.48. The Bertz CT molecular complexity index is 215. The van der Waals surface area contributed by atoms with Gasteiger partial charge in [0.15, 0.2) is 0 Å². The molecule has 1 fully saturated rings. The second-order valence-corrected chi connectivity index (χ2v) is 4.75. The number of aliphatic hydroxyl groups is 1. The van der Waals surface area contributed by atoms with Gasteiger partial charge in [-0.15, -0.1) is 0 Å². The van der Waals surface area contributed by atoms with Crippen LogP contribution in [-0.2, 0) is 4.79 Å². The van der Waals surface area contributed by atoms with Crippen LogP contribution in [0.2, 0.25) is 0 Å². The van der Waals surface area contributed by atoms with E-state index in [1.54, 1.807) is 0 Å². The summed E-state index contributed by atoms with van der Waals surface area (Å²) in [7, 11) is 0. The predicted molar refractivity (Wildman–Crippen MR) is 68.8 cm³/mol. The molecular weight excluding hydrogens is 216 g/mol. The van der Waals surface area contributed by atoms with Crippen LogP contribution in [0.1, 0.15) is 45.4 Å². The van der Waals surface area contributed by atoms with E-state index in [2.05, 4.69) is 10.2 Å². The summed E-state index contributed by atoms with van der Waals surface area (Å²) in [4.78, 5) is 13.7. The molecule has 1 saturated carbocycles. The first-order chi connectivity index (χ1) is 8.27. The lowest BCUT2D eigenvalue weighted by Gasteiger charge is -2.33. The van der Waals surface area contributed by atoms with Crippen molar-refractivity contribution in [2.45, 2.75) is 51.5 Å². The number of hydrogen-bond donors (Lipinski definition) is 2. The first-order valence-electron chi connectivity index (χ1n) is 6.89. The topological polar surface area (TPSA) is 52.6 Å². The van der Waals surface area contributed by atoms with Crippen molar-refractivity contribution in [3.63, 3.8) is 0 Å². The van der Waals surface area contributed by atoms with Gasteiger partial charge in [0.25, 0.3) is 0 Å². The van der Waals surface area contributed by atoms with Gasteiger partial charge in [0.1, 0.15) is 0 Å². The Hall–Kier alpha value is -0.610. The Morgan fingerprint density at radius 2 is 2.00 bits per heavy atom. The highest BCUT2D eigenvalue weighted by Gasteiger charge is 2.20. The second-order valence-electron chi connectivity index (χ2n) is 4.75. The summed E-state index contributed by atoms with van der Waals surface area (Å²) in [5.74, 6) is 0.117. The summed E-state index contributed by atoms with van der Waals surface area (Å²) in [6, 6.07) is 0.574. The van der Waals surface area contributed by atoms with Crippen LogP contribution in [-0.4, -0.2) is 48.2 Å². The zero-order chi connectivity index (χ0) is 12.5. The number of aliphatic hydroxyl groups excluding tert-OH is 1. The Labute approximate surface area is 104 Å². The lowest BCUT2D eigenvalue weighted by molar-refractivity contribution is -0.121. The number of hydrogen-bond acceptors (Lipinski definition) is 3. The SMILES string of the molecule is CCNC(=O)CCN(CCO)C1CCCCC1. The fourth-order valence-corrected chi connectivity index (χ4v) is 2.58. The molecule has 1 amide bonds. The third-order valence-electron chi connectivity index (χ3n) is 3.48. The Morgan fingerprint density at radius 1 is 1.29 bits per heavy atom. The zero-order valence-corrected chi connectivity index (χ0v) is 11.0. The average molecular weight is 242 g/mol. The molecule has 0 bridgehead atoms. The maximum absolute atomic E-state index is 11.4. The monoisotopic (exact) mass is 242 g/mol. The van der Waals surface area contributed by atoms with Crippen molar-refractivity contribution in [1.82, 2.24) is 10.2 Å². The molecule has 0 radical (unpaired) electrons. The number of nitrogens with zero attached hydrogens (tertiary/aromatic N) is 1. The van der Waals surface area contributed by atoms with E-state index in [1.165, 1.54) is 32.1 Å². The van der Waals surface area contributed by atoms with Crippen LogP contribution >= 0.6 is 0 Å². The molecule has 0 aromatic carbocycles. The number of carbonyl (C=O) groups is 1. The number of carbonyl (C=O) groups excluding carboxylic acids is 1. The van der Waals surface area contributed by atoms with Gasteiger partial charge in [0, 0.05) is 32.1 Å². The molecule has 0 aromatic heterocycles. The van der Waals surface area contributed by atoms with Crippen LogP contribution in [0.4, 0.5) is 0 Å². The number of rotatable bonds is 7. The lowest BCUT2D eigenvalue weighted by atomic mass is 9.94. The highest BCUT2D eigenvalue weighted by molar-refractivity contribution is 5.75. The number of amides is 1. The first kappa shape index (κ1) is 14.5. The predicted octanol–water partition coefficient (Wildman–Crippen LogP) is 1.14. The summed E-state index contributed by atoms with van der Waals surface area (Å²) in [5.41, 5.74) is 0.